The number of nitrogens with one attached hydrogen (secondary N) is 2. The van der Waals surface area contributed by atoms with E-state index in [4.69, 9.17) is 0 Å². The van der Waals surface area contributed by atoms with Crippen molar-refractivity contribution in [1.29, 1.82) is 0 Å². The normalized spacial score (nSPS) is 24.9. The molecule has 20 heavy (non-hydrogen) atoms. The molecule has 0 aromatic carbocycles. The molecular formula is C12H19N5O2S. The molecule has 8 heteroatoms. The van der Waals surface area contributed by atoms with Gasteiger partial charge in [-0.15, -0.1) is 0 Å². The highest BCUT2D eigenvalue weighted by Gasteiger charge is 2.23. The second-order valence-electron chi connectivity index (χ2n) is 4.97. The van der Waals surface area contributed by atoms with E-state index in [-0.39, 0.29) is 16.2 Å². The van der Waals surface area contributed by atoms with E-state index in [0.717, 1.165) is 24.5 Å². The first-order valence-electron chi connectivity index (χ1n) is 6.62. The van der Waals surface area contributed by atoms with Crippen LogP contribution in [0.2, 0.25) is 0 Å². The average Bonchev–Trinajstić information content (AvgIpc) is 2.86. The van der Waals surface area contributed by atoms with Crippen LogP contribution in [0.1, 0.15) is 19.8 Å². The monoisotopic (exact) mass is 297 g/mol. The molecule has 0 radical (unpaired) electrons. The zero-order chi connectivity index (χ0) is 14.4. The molecule has 0 amide bonds. The van der Waals surface area contributed by atoms with E-state index < -0.39 is 0 Å². The van der Waals surface area contributed by atoms with Gasteiger partial charge in [0.25, 0.3) is 5.70 Å². The second kappa shape index (κ2) is 6.74. The molecule has 2 N–H and O–H groups in total. The van der Waals surface area contributed by atoms with Crippen molar-refractivity contribution in [2.75, 3.05) is 24.6 Å². The minimum absolute atomic E-state index is 0.195. The summed E-state index contributed by atoms with van der Waals surface area (Å²) in [6.45, 7) is 3.52. The number of hydrogen-bond donors (Lipinski definition) is 2. The Labute approximate surface area is 122 Å². The first-order valence-corrected chi connectivity index (χ1v) is 7.77. The van der Waals surface area contributed by atoms with Crippen molar-refractivity contribution < 1.29 is 4.92 Å². The van der Waals surface area contributed by atoms with Crippen LogP contribution in [0.4, 0.5) is 0 Å². The lowest BCUT2D eigenvalue weighted by molar-refractivity contribution is -0.430. The van der Waals surface area contributed by atoms with Crippen LogP contribution in [0.15, 0.2) is 21.5 Å². The first kappa shape index (κ1) is 14.8. The molecule has 0 aliphatic carbocycles. The molecule has 0 fully saturated rings. The van der Waals surface area contributed by atoms with Crippen LogP contribution < -0.4 is 10.6 Å². The summed E-state index contributed by atoms with van der Waals surface area (Å²) >= 11 is 1.76. The number of aliphatic imine (C=N–C) groups is 2. The van der Waals surface area contributed by atoms with E-state index in [2.05, 4.69) is 20.6 Å². The Morgan fingerprint density at radius 2 is 2.50 bits per heavy atom. The van der Waals surface area contributed by atoms with Gasteiger partial charge in [-0.1, -0.05) is 0 Å². The summed E-state index contributed by atoms with van der Waals surface area (Å²) in [4.78, 5) is 18.9. The lowest BCUT2D eigenvalue weighted by atomic mass is 10.1. The van der Waals surface area contributed by atoms with Gasteiger partial charge in [-0.05, 0) is 13.3 Å². The second-order valence-corrected chi connectivity index (χ2v) is 6.07. The largest absolute Gasteiger partial charge is 0.366 e. The molecule has 0 saturated carbocycles. The molecule has 2 heterocycles. The van der Waals surface area contributed by atoms with Gasteiger partial charge in [-0.2, -0.15) is 11.8 Å². The summed E-state index contributed by atoms with van der Waals surface area (Å²) in [6, 6.07) is 0. The van der Waals surface area contributed by atoms with Crippen molar-refractivity contribution in [2.24, 2.45) is 9.98 Å². The predicted octanol–water partition coefficient (Wildman–Crippen LogP) is 1.01. The number of nitrogens with zero attached hydrogens (tertiary/aromatic N) is 3. The molecule has 2 aliphatic heterocycles. The maximum Gasteiger partial charge on any atom is 0.285 e. The molecule has 1 unspecified atom stereocenters. The molecule has 0 bridgehead atoms. The Morgan fingerprint density at radius 3 is 3.20 bits per heavy atom. The van der Waals surface area contributed by atoms with Gasteiger partial charge in [0.1, 0.15) is 11.9 Å². The Bertz CT molecular complexity index is 449. The van der Waals surface area contributed by atoms with Gasteiger partial charge < -0.3 is 10.6 Å². The molecule has 0 aromatic heterocycles. The van der Waals surface area contributed by atoms with Crippen LogP contribution in [0, 0.1) is 10.1 Å². The first-order chi connectivity index (χ1) is 9.61. The van der Waals surface area contributed by atoms with Crippen molar-refractivity contribution >= 4 is 24.3 Å². The Kier molecular flexibility index (Phi) is 4.99. The van der Waals surface area contributed by atoms with Gasteiger partial charge in [-0.3, -0.25) is 15.1 Å². The van der Waals surface area contributed by atoms with Gasteiger partial charge in [0.2, 0.25) is 0 Å². The highest BCUT2D eigenvalue weighted by Crippen LogP contribution is 2.18. The zero-order valence-corrected chi connectivity index (χ0v) is 12.3. The minimum Gasteiger partial charge on any atom is -0.366 e. The minimum atomic E-state index is -0.299. The molecule has 2 aliphatic rings. The van der Waals surface area contributed by atoms with E-state index in [1.807, 2.05) is 13.1 Å². The molecule has 7 nitrogen and oxygen atoms in total. The Morgan fingerprint density at radius 1 is 1.65 bits per heavy atom. The highest BCUT2D eigenvalue weighted by atomic mass is 32.2. The smallest absolute Gasteiger partial charge is 0.285 e. The standard InChI is InChI=1S/C12H19N5O2S/c1-12(7-13-9-16-12)8-20-6-5-15-11-10(17(18)19)3-2-4-14-11/h7,9,14-15H,2-6,8H2,1H3. The fourth-order valence-electron chi connectivity index (χ4n) is 2.04. The van der Waals surface area contributed by atoms with Crippen molar-refractivity contribution in [3.05, 3.63) is 21.6 Å². The van der Waals surface area contributed by atoms with Crippen molar-refractivity contribution in [3.8, 4) is 0 Å². The number of rotatable bonds is 7. The average molecular weight is 297 g/mol. The number of nitro groups is 1. The predicted molar refractivity (Wildman–Crippen MR) is 82.0 cm³/mol. The molecule has 0 spiro atoms. The number of hydrogen-bond acceptors (Lipinski definition) is 7. The van der Waals surface area contributed by atoms with Crippen LogP contribution in [0.3, 0.4) is 0 Å². The third kappa shape index (κ3) is 3.96. The topological polar surface area (TPSA) is 91.9 Å². The Hall–Kier alpha value is -1.57. The third-order valence-electron chi connectivity index (χ3n) is 3.12. The fraction of sp³-hybridized carbons (Fsp3) is 0.667. The van der Waals surface area contributed by atoms with Gasteiger partial charge in [0.05, 0.1) is 4.92 Å². The van der Waals surface area contributed by atoms with Gasteiger partial charge in [0.15, 0.2) is 5.82 Å². The molecule has 0 aromatic rings. The van der Waals surface area contributed by atoms with Crippen LogP contribution in [0.25, 0.3) is 0 Å². The van der Waals surface area contributed by atoms with Crippen LogP contribution in [-0.4, -0.2) is 47.6 Å². The van der Waals surface area contributed by atoms with E-state index >= 15 is 0 Å². The van der Waals surface area contributed by atoms with E-state index in [1.54, 1.807) is 18.1 Å². The van der Waals surface area contributed by atoms with Crippen LogP contribution >= 0.6 is 11.8 Å². The van der Waals surface area contributed by atoms with Crippen molar-refractivity contribution in [3.63, 3.8) is 0 Å². The highest BCUT2D eigenvalue weighted by molar-refractivity contribution is 7.99. The summed E-state index contributed by atoms with van der Waals surface area (Å²) in [7, 11) is 0. The Balaban J connectivity index is 1.71. The summed E-state index contributed by atoms with van der Waals surface area (Å²) in [5, 5.41) is 17.1. The van der Waals surface area contributed by atoms with E-state index in [1.165, 1.54) is 0 Å². The molecule has 0 saturated heterocycles. The van der Waals surface area contributed by atoms with Crippen molar-refractivity contribution in [1.82, 2.24) is 10.6 Å². The van der Waals surface area contributed by atoms with Crippen LogP contribution in [0.5, 0.6) is 0 Å². The molecular weight excluding hydrogens is 278 g/mol. The van der Waals surface area contributed by atoms with E-state index in [9.17, 15) is 10.1 Å². The number of thioether (sulfide) groups is 1. The summed E-state index contributed by atoms with van der Waals surface area (Å²) < 4.78 is 0. The maximum absolute atomic E-state index is 10.9. The quantitative estimate of drug-likeness (QED) is 0.416. The van der Waals surface area contributed by atoms with Crippen LogP contribution in [-0.2, 0) is 0 Å². The summed E-state index contributed by atoms with van der Waals surface area (Å²) in [5.74, 6) is 2.31. The number of allylic oxidation sites excluding steroid dienone is 1. The molecule has 2 rings (SSSR count). The fourth-order valence-corrected chi connectivity index (χ4v) is 2.99. The maximum atomic E-state index is 10.9. The van der Waals surface area contributed by atoms with Gasteiger partial charge >= 0.3 is 0 Å². The lowest BCUT2D eigenvalue weighted by Gasteiger charge is -2.19. The summed E-state index contributed by atoms with van der Waals surface area (Å²) in [6.07, 6.45) is 4.77. The lowest BCUT2D eigenvalue weighted by Crippen LogP contribution is -2.35. The molecule has 110 valence electrons. The summed E-state index contributed by atoms with van der Waals surface area (Å²) in [5.41, 5.74) is 0.0692. The van der Waals surface area contributed by atoms with Crippen molar-refractivity contribution in [2.45, 2.75) is 25.3 Å². The van der Waals surface area contributed by atoms with E-state index in [0.29, 0.717) is 18.8 Å². The zero-order valence-electron chi connectivity index (χ0n) is 11.5. The SMILES string of the molecule is CC1(CSCCNC2=C([N+](=O)[O-])CCCN2)C=NC=N1. The molecule has 1 atom stereocenters. The third-order valence-corrected chi connectivity index (χ3v) is 4.40. The van der Waals surface area contributed by atoms with Gasteiger partial charge in [0, 0.05) is 37.2 Å². The van der Waals surface area contributed by atoms with Gasteiger partial charge in [-0.25, -0.2) is 4.99 Å².